The Labute approximate surface area is 161 Å². The third-order valence-electron chi connectivity index (χ3n) is 3.55. The summed E-state index contributed by atoms with van der Waals surface area (Å²) in [6, 6.07) is 0. The van der Waals surface area contributed by atoms with Gasteiger partial charge in [-0.2, -0.15) is 0 Å². The fourth-order valence-electron chi connectivity index (χ4n) is 2.28. The number of rotatable bonds is 8. The lowest BCUT2D eigenvalue weighted by atomic mass is 10.1. The Morgan fingerprint density at radius 3 is 2.26 bits per heavy atom. The summed E-state index contributed by atoms with van der Waals surface area (Å²) in [4.78, 5) is 49.6. The molecule has 8 nitrogen and oxygen atoms in total. The van der Waals surface area contributed by atoms with Gasteiger partial charge in [-0.1, -0.05) is 0 Å². The molecular formula is C18H24N2O6S. The van der Waals surface area contributed by atoms with E-state index in [1.54, 1.807) is 25.7 Å². The third kappa shape index (κ3) is 5.92. The molecule has 9 heteroatoms. The van der Waals surface area contributed by atoms with Crippen molar-refractivity contribution in [3.8, 4) is 0 Å². The molecule has 0 saturated carbocycles. The number of nitrogens with one attached hydrogen (secondary N) is 1. The molecule has 1 aromatic heterocycles. The van der Waals surface area contributed by atoms with Gasteiger partial charge in [-0.3, -0.25) is 9.59 Å². The number of aliphatic carboxylic acids is 1. The van der Waals surface area contributed by atoms with Crippen LogP contribution in [0, 0.1) is 6.92 Å². The van der Waals surface area contributed by atoms with Crippen LogP contribution >= 0.6 is 11.3 Å². The van der Waals surface area contributed by atoms with E-state index in [1.165, 1.54) is 0 Å². The van der Waals surface area contributed by atoms with Gasteiger partial charge < -0.3 is 20.1 Å². The van der Waals surface area contributed by atoms with E-state index < -0.39 is 17.8 Å². The van der Waals surface area contributed by atoms with Gasteiger partial charge in [0.15, 0.2) is 0 Å². The first-order valence-electron chi connectivity index (χ1n) is 8.47. The molecule has 0 fully saturated rings. The van der Waals surface area contributed by atoms with Crippen molar-refractivity contribution >= 4 is 40.1 Å². The molecule has 1 rings (SSSR count). The predicted molar refractivity (Wildman–Crippen MR) is 102 cm³/mol. The fourth-order valence-corrected chi connectivity index (χ4v) is 3.45. The van der Waals surface area contributed by atoms with Crippen molar-refractivity contribution in [2.45, 2.75) is 40.7 Å². The molecule has 0 saturated heterocycles. The average molecular weight is 396 g/mol. The summed E-state index contributed by atoms with van der Waals surface area (Å²) >= 11 is 0.966. The van der Waals surface area contributed by atoms with E-state index in [9.17, 15) is 19.2 Å². The van der Waals surface area contributed by atoms with Crippen molar-refractivity contribution in [3.63, 3.8) is 0 Å². The second-order valence-corrected chi connectivity index (χ2v) is 6.87. The number of ether oxygens (including phenoxy) is 1. The first-order valence-corrected chi connectivity index (χ1v) is 9.29. The number of thiophene rings is 1. The first-order chi connectivity index (χ1) is 12.6. The number of amides is 2. The Balaban J connectivity index is 3.35. The first kappa shape index (κ1) is 22.4. The number of esters is 1. The summed E-state index contributed by atoms with van der Waals surface area (Å²) in [5.41, 5.74) is 0.515. The van der Waals surface area contributed by atoms with Gasteiger partial charge in [-0.15, -0.1) is 11.3 Å². The highest BCUT2D eigenvalue weighted by Gasteiger charge is 2.28. The van der Waals surface area contributed by atoms with Crippen LogP contribution in [-0.2, 0) is 14.3 Å². The third-order valence-corrected chi connectivity index (χ3v) is 4.75. The van der Waals surface area contributed by atoms with Crippen molar-refractivity contribution in [3.05, 3.63) is 28.2 Å². The SMILES string of the molecule is CCN(CC)C(=O)c1sc(NC(=O)C=CC(=O)O)c(C(=O)OC(C)C)c1C. The van der Waals surface area contributed by atoms with Crippen LogP contribution in [0.3, 0.4) is 0 Å². The van der Waals surface area contributed by atoms with Gasteiger partial charge >= 0.3 is 11.9 Å². The molecule has 1 aromatic rings. The minimum atomic E-state index is -1.27. The second kappa shape index (κ2) is 9.86. The van der Waals surface area contributed by atoms with E-state index in [1.807, 2.05) is 13.8 Å². The number of carboxylic acid groups (broad SMARTS) is 1. The van der Waals surface area contributed by atoms with Crippen LogP contribution in [0.2, 0.25) is 0 Å². The largest absolute Gasteiger partial charge is 0.478 e. The van der Waals surface area contributed by atoms with Crippen LogP contribution in [0.25, 0.3) is 0 Å². The quantitative estimate of drug-likeness (QED) is 0.516. The number of carbonyl (C=O) groups excluding carboxylic acids is 3. The maximum atomic E-state index is 12.7. The van der Waals surface area contributed by atoms with Gasteiger partial charge in [0, 0.05) is 25.2 Å². The van der Waals surface area contributed by atoms with Gasteiger partial charge in [-0.25, -0.2) is 9.59 Å². The summed E-state index contributed by atoms with van der Waals surface area (Å²) in [5.74, 6) is -2.90. The number of nitrogens with zero attached hydrogens (tertiary/aromatic N) is 1. The average Bonchev–Trinajstić information content (AvgIpc) is 2.89. The smallest absolute Gasteiger partial charge is 0.341 e. The summed E-state index contributed by atoms with van der Waals surface area (Å²) in [6.07, 6.45) is 1.14. The van der Waals surface area contributed by atoms with Crippen LogP contribution in [0.15, 0.2) is 12.2 Å². The van der Waals surface area contributed by atoms with Gasteiger partial charge in [-0.05, 0) is 40.2 Å². The number of hydrogen-bond acceptors (Lipinski definition) is 6. The molecule has 0 aliphatic heterocycles. The zero-order chi connectivity index (χ0) is 20.7. The van der Waals surface area contributed by atoms with Crippen LogP contribution in [-0.4, -0.2) is 53.0 Å². The number of carboxylic acids is 1. The highest BCUT2D eigenvalue weighted by atomic mass is 32.1. The Kier molecular flexibility index (Phi) is 8.17. The van der Waals surface area contributed by atoms with Crippen LogP contribution in [0.4, 0.5) is 5.00 Å². The highest BCUT2D eigenvalue weighted by Crippen LogP contribution is 2.35. The van der Waals surface area contributed by atoms with Crippen molar-refractivity contribution in [2.24, 2.45) is 0 Å². The maximum absolute atomic E-state index is 12.7. The summed E-state index contributed by atoms with van der Waals surface area (Å²) in [7, 11) is 0. The molecule has 1 heterocycles. The second-order valence-electron chi connectivity index (χ2n) is 5.85. The molecule has 2 N–H and O–H groups in total. The van der Waals surface area contributed by atoms with Gasteiger partial charge in [0.05, 0.1) is 16.5 Å². The van der Waals surface area contributed by atoms with Crippen LogP contribution in [0.5, 0.6) is 0 Å². The predicted octanol–water partition coefficient (Wildman–Crippen LogP) is 2.68. The maximum Gasteiger partial charge on any atom is 0.341 e. The highest BCUT2D eigenvalue weighted by molar-refractivity contribution is 7.18. The minimum absolute atomic E-state index is 0.0984. The number of hydrogen-bond donors (Lipinski definition) is 2. The number of anilines is 1. The Morgan fingerprint density at radius 2 is 1.78 bits per heavy atom. The van der Waals surface area contributed by atoms with E-state index in [0.29, 0.717) is 29.6 Å². The van der Waals surface area contributed by atoms with Gasteiger partial charge in [0.2, 0.25) is 5.91 Å². The molecule has 0 atom stereocenters. The molecule has 0 unspecified atom stereocenters. The lowest BCUT2D eigenvalue weighted by Crippen LogP contribution is -2.30. The van der Waals surface area contributed by atoms with E-state index in [4.69, 9.17) is 9.84 Å². The topological polar surface area (TPSA) is 113 Å². The lowest BCUT2D eigenvalue weighted by Gasteiger charge is -2.18. The number of carbonyl (C=O) groups is 4. The van der Waals surface area contributed by atoms with E-state index in [2.05, 4.69) is 5.32 Å². The molecule has 0 radical (unpaired) electrons. The van der Waals surface area contributed by atoms with Gasteiger partial charge in [0.25, 0.3) is 5.91 Å². The van der Waals surface area contributed by atoms with Crippen LogP contribution < -0.4 is 5.32 Å². The van der Waals surface area contributed by atoms with Crippen molar-refractivity contribution < 1.29 is 29.0 Å². The molecule has 148 valence electrons. The van der Waals surface area contributed by atoms with E-state index in [0.717, 1.165) is 17.4 Å². The monoisotopic (exact) mass is 396 g/mol. The van der Waals surface area contributed by atoms with E-state index >= 15 is 0 Å². The van der Waals surface area contributed by atoms with Crippen molar-refractivity contribution in [2.75, 3.05) is 18.4 Å². The zero-order valence-electron chi connectivity index (χ0n) is 16.0. The Morgan fingerprint density at radius 1 is 1.19 bits per heavy atom. The molecule has 27 heavy (non-hydrogen) atoms. The molecule has 0 spiro atoms. The van der Waals surface area contributed by atoms with Crippen LogP contribution in [0.1, 0.15) is 53.3 Å². The molecule has 0 aliphatic rings. The van der Waals surface area contributed by atoms with E-state index in [-0.39, 0.29) is 22.6 Å². The Bertz CT molecular complexity index is 762. The lowest BCUT2D eigenvalue weighted by molar-refractivity contribution is -0.131. The Hall–Kier alpha value is -2.68. The molecule has 2 amide bonds. The molecule has 0 aromatic carbocycles. The fraction of sp³-hybridized carbons (Fsp3) is 0.444. The standard InChI is InChI=1S/C18H24N2O6S/c1-6-20(7-2)17(24)15-11(5)14(18(25)26-10(3)4)16(27-15)19-12(21)8-9-13(22)23/h8-10H,6-7H2,1-5H3,(H,19,21)(H,22,23). The molecule has 0 aliphatic carbocycles. The normalized spacial score (nSPS) is 10.9. The minimum Gasteiger partial charge on any atom is -0.478 e. The summed E-state index contributed by atoms with van der Waals surface area (Å²) < 4.78 is 5.22. The van der Waals surface area contributed by atoms with Crippen molar-refractivity contribution in [1.29, 1.82) is 0 Å². The summed E-state index contributed by atoms with van der Waals surface area (Å²) in [6.45, 7) is 9.69. The summed E-state index contributed by atoms with van der Waals surface area (Å²) in [5, 5.41) is 11.2. The zero-order valence-corrected chi connectivity index (χ0v) is 16.8. The molecule has 0 bridgehead atoms. The molecular weight excluding hydrogens is 372 g/mol. The van der Waals surface area contributed by atoms with Gasteiger partial charge in [0.1, 0.15) is 5.00 Å². The van der Waals surface area contributed by atoms with Crippen molar-refractivity contribution in [1.82, 2.24) is 4.90 Å².